The van der Waals surface area contributed by atoms with E-state index in [-0.39, 0.29) is 49.5 Å². The molecule has 2 aliphatic rings. The number of rotatable bonds is 8. The van der Waals surface area contributed by atoms with Gasteiger partial charge in [-0.25, -0.2) is 13.2 Å². The molecule has 210 valence electrons. The summed E-state index contributed by atoms with van der Waals surface area (Å²) in [5, 5.41) is 4.53. The molecule has 0 bridgehead atoms. The zero-order valence-electron chi connectivity index (χ0n) is 22.6. The van der Waals surface area contributed by atoms with Crippen LogP contribution in [0, 0.1) is 0 Å². The molecule has 2 heterocycles. The molecular weight excluding hydrogens is 532 g/mol. The maximum atomic E-state index is 13.2. The highest BCUT2D eigenvalue weighted by Crippen LogP contribution is 2.40. The highest BCUT2D eigenvalue weighted by atomic mass is 32.2. The van der Waals surface area contributed by atoms with Crippen molar-refractivity contribution >= 4 is 50.1 Å². The molecule has 2 aliphatic heterocycles. The lowest BCUT2D eigenvalue weighted by molar-refractivity contribution is 0.0933. The van der Waals surface area contributed by atoms with Gasteiger partial charge in [-0.1, -0.05) is 25.5 Å². The van der Waals surface area contributed by atoms with Gasteiger partial charge in [0.25, 0.3) is 11.8 Å². The fraction of sp³-hybridized carbons (Fsp3) is 0.345. The van der Waals surface area contributed by atoms with Crippen molar-refractivity contribution in [1.82, 2.24) is 9.21 Å². The van der Waals surface area contributed by atoms with E-state index in [2.05, 4.69) is 12.2 Å². The van der Waals surface area contributed by atoms with Crippen LogP contribution in [0.1, 0.15) is 47.4 Å². The predicted octanol–water partition coefficient (Wildman–Crippen LogP) is 4.32. The molecular formula is C29H32N4O6S. The molecule has 0 unspecified atom stereocenters. The minimum absolute atomic E-state index is 0.0309. The number of anilines is 2. The summed E-state index contributed by atoms with van der Waals surface area (Å²) in [5.41, 5.74) is 2.35. The molecule has 0 spiro atoms. The minimum atomic E-state index is -3.79. The lowest BCUT2D eigenvalue weighted by Crippen LogP contribution is -2.50. The Morgan fingerprint density at radius 1 is 0.950 bits per heavy atom. The van der Waals surface area contributed by atoms with Gasteiger partial charge in [-0.05, 0) is 55.8 Å². The molecule has 0 radical (unpaired) electrons. The Morgan fingerprint density at radius 3 is 2.35 bits per heavy atom. The number of carbonyl (C=O) groups excluding carboxylic acids is 3. The molecule has 0 aliphatic carbocycles. The lowest BCUT2D eigenvalue weighted by atomic mass is 10.0. The minimum Gasteiger partial charge on any atom is -0.450 e. The highest BCUT2D eigenvalue weighted by molar-refractivity contribution is 7.89. The van der Waals surface area contributed by atoms with Crippen LogP contribution in [-0.2, 0) is 14.8 Å². The summed E-state index contributed by atoms with van der Waals surface area (Å²) in [5.74, 6) is -0.420. The zero-order chi connectivity index (χ0) is 28.4. The van der Waals surface area contributed by atoms with Crippen molar-refractivity contribution in [3.63, 3.8) is 0 Å². The Bertz CT molecular complexity index is 1560. The van der Waals surface area contributed by atoms with Crippen LogP contribution >= 0.6 is 0 Å². The summed E-state index contributed by atoms with van der Waals surface area (Å²) in [6, 6.07) is 14.9. The first kappa shape index (κ1) is 27.6. The third kappa shape index (κ3) is 5.02. The second-order valence-electron chi connectivity index (χ2n) is 9.74. The van der Waals surface area contributed by atoms with Crippen LogP contribution in [-0.4, -0.2) is 74.9 Å². The largest absolute Gasteiger partial charge is 0.450 e. The van der Waals surface area contributed by atoms with E-state index in [0.717, 1.165) is 29.3 Å². The standard InChI is InChI=1S/C29H32N4O6S/c1-3-5-15-33-25-14-13-24(22-7-6-8-23(26(22)25)28(33)35)30-27(34)20-9-11-21(12-10-20)40(37,38)32-18-16-31(17-19-32)29(36)39-4-2/h6-14H,3-5,15-19H2,1-2H3,(H,30,34). The van der Waals surface area contributed by atoms with Crippen molar-refractivity contribution in [1.29, 1.82) is 0 Å². The monoisotopic (exact) mass is 564 g/mol. The smallest absolute Gasteiger partial charge is 0.409 e. The van der Waals surface area contributed by atoms with Gasteiger partial charge in [0, 0.05) is 60.3 Å². The van der Waals surface area contributed by atoms with Crippen LogP contribution in [0.3, 0.4) is 0 Å². The van der Waals surface area contributed by atoms with E-state index in [1.165, 1.54) is 33.5 Å². The maximum absolute atomic E-state index is 13.2. The van der Waals surface area contributed by atoms with Crippen molar-refractivity contribution < 1.29 is 27.5 Å². The number of ether oxygens (including phenoxy) is 1. The van der Waals surface area contributed by atoms with E-state index < -0.39 is 16.1 Å². The van der Waals surface area contributed by atoms with E-state index in [1.54, 1.807) is 17.9 Å². The quantitative estimate of drug-likeness (QED) is 0.436. The molecule has 3 aromatic carbocycles. The van der Waals surface area contributed by atoms with E-state index in [1.807, 2.05) is 24.3 Å². The van der Waals surface area contributed by atoms with E-state index in [0.29, 0.717) is 23.4 Å². The van der Waals surface area contributed by atoms with Crippen molar-refractivity contribution in [2.45, 2.75) is 31.6 Å². The van der Waals surface area contributed by atoms with Gasteiger partial charge in [0.15, 0.2) is 0 Å². The van der Waals surface area contributed by atoms with Gasteiger partial charge >= 0.3 is 6.09 Å². The van der Waals surface area contributed by atoms with Gasteiger partial charge in [0.2, 0.25) is 10.0 Å². The molecule has 0 saturated carbocycles. The molecule has 40 heavy (non-hydrogen) atoms. The van der Waals surface area contributed by atoms with Crippen molar-refractivity contribution in [2.24, 2.45) is 0 Å². The molecule has 0 atom stereocenters. The maximum Gasteiger partial charge on any atom is 0.409 e. The SMILES string of the molecule is CCCCN1C(=O)c2cccc3c(NC(=O)c4ccc(S(=O)(=O)N5CCN(C(=O)OCC)CC5)cc4)ccc1c23. The average Bonchev–Trinajstić information content (AvgIpc) is 3.25. The topological polar surface area (TPSA) is 116 Å². The van der Waals surface area contributed by atoms with Crippen molar-refractivity contribution in [2.75, 3.05) is 49.5 Å². The number of piperazine rings is 1. The Labute approximate surface area is 233 Å². The molecule has 10 nitrogen and oxygen atoms in total. The Hall–Kier alpha value is -3.96. The van der Waals surface area contributed by atoms with Crippen molar-refractivity contribution in [3.05, 3.63) is 65.7 Å². The first-order valence-corrected chi connectivity index (χ1v) is 14.9. The molecule has 1 saturated heterocycles. The van der Waals surface area contributed by atoms with Gasteiger partial charge in [0.1, 0.15) is 0 Å². The Morgan fingerprint density at radius 2 is 1.68 bits per heavy atom. The summed E-state index contributed by atoms with van der Waals surface area (Å²) < 4.78 is 32.6. The van der Waals surface area contributed by atoms with Gasteiger partial charge < -0.3 is 19.9 Å². The number of benzene rings is 3. The zero-order valence-corrected chi connectivity index (χ0v) is 23.4. The Balaban J connectivity index is 1.30. The van der Waals surface area contributed by atoms with Gasteiger partial charge in [-0.2, -0.15) is 4.31 Å². The van der Waals surface area contributed by atoms with Crippen LogP contribution in [0.15, 0.2) is 59.5 Å². The number of nitrogens with zero attached hydrogens (tertiary/aromatic N) is 3. The van der Waals surface area contributed by atoms with Crippen LogP contribution in [0.4, 0.5) is 16.2 Å². The third-order valence-corrected chi connectivity index (χ3v) is 9.20. The predicted molar refractivity (Wildman–Crippen MR) is 152 cm³/mol. The van der Waals surface area contributed by atoms with Gasteiger partial charge in [0.05, 0.1) is 17.2 Å². The normalized spacial score (nSPS) is 15.5. The van der Waals surface area contributed by atoms with E-state index in [4.69, 9.17) is 4.74 Å². The summed E-state index contributed by atoms with van der Waals surface area (Å²) in [6.45, 7) is 5.51. The van der Waals surface area contributed by atoms with Crippen LogP contribution in [0.5, 0.6) is 0 Å². The first-order valence-electron chi connectivity index (χ1n) is 13.5. The average molecular weight is 565 g/mol. The number of nitrogens with one attached hydrogen (secondary N) is 1. The van der Waals surface area contributed by atoms with Crippen molar-refractivity contribution in [3.8, 4) is 0 Å². The second kappa shape index (κ2) is 11.3. The summed E-state index contributed by atoms with van der Waals surface area (Å²) >= 11 is 0. The number of carbonyl (C=O) groups is 3. The summed E-state index contributed by atoms with van der Waals surface area (Å²) in [6.07, 6.45) is 1.43. The second-order valence-corrected chi connectivity index (χ2v) is 11.7. The fourth-order valence-corrected chi connectivity index (χ4v) is 6.56. The molecule has 11 heteroatoms. The number of unbranched alkanes of at least 4 members (excludes halogenated alkanes) is 1. The third-order valence-electron chi connectivity index (χ3n) is 7.29. The Kier molecular flexibility index (Phi) is 7.77. The molecule has 5 rings (SSSR count). The molecule has 0 aromatic heterocycles. The van der Waals surface area contributed by atoms with Crippen LogP contribution in [0.2, 0.25) is 0 Å². The number of amides is 3. The summed E-state index contributed by atoms with van der Waals surface area (Å²) in [7, 11) is -3.79. The highest BCUT2D eigenvalue weighted by Gasteiger charge is 2.32. The number of hydrogen-bond donors (Lipinski definition) is 1. The van der Waals surface area contributed by atoms with Gasteiger partial charge in [-0.15, -0.1) is 0 Å². The van der Waals surface area contributed by atoms with E-state index in [9.17, 15) is 22.8 Å². The fourth-order valence-electron chi connectivity index (χ4n) is 5.14. The van der Waals surface area contributed by atoms with Gasteiger partial charge in [-0.3, -0.25) is 9.59 Å². The van der Waals surface area contributed by atoms with Crippen LogP contribution < -0.4 is 10.2 Å². The number of hydrogen-bond acceptors (Lipinski definition) is 6. The summed E-state index contributed by atoms with van der Waals surface area (Å²) in [4.78, 5) is 41.4. The molecule has 3 aromatic rings. The molecule has 3 amide bonds. The number of sulfonamides is 1. The molecule has 1 N–H and O–H groups in total. The van der Waals surface area contributed by atoms with Crippen LogP contribution in [0.25, 0.3) is 10.8 Å². The molecule has 1 fully saturated rings. The van der Waals surface area contributed by atoms with E-state index >= 15 is 0 Å². The lowest BCUT2D eigenvalue weighted by Gasteiger charge is -2.33. The first-order chi connectivity index (χ1) is 19.3.